The third-order valence-electron chi connectivity index (χ3n) is 3.81. The second kappa shape index (κ2) is 9.33. The molecule has 8 nitrogen and oxygen atoms in total. The number of hydrogen-bond acceptors (Lipinski definition) is 5. The summed E-state index contributed by atoms with van der Waals surface area (Å²) in [6.07, 6.45) is 1.24. The van der Waals surface area contributed by atoms with E-state index in [4.69, 9.17) is 4.74 Å². The van der Waals surface area contributed by atoms with Gasteiger partial charge >= 0.3 is 5.69 Å². The van der Waals surface area contributed by atoms with Crippen LogP contribution in [-0.4, -0.2) is 23.8 Å². The highest BCUT2D eigenvalue weighted by molar-refractivity contribution is 5.95. The smallest absolute Gasteiger partial charge is 0.311 e. The van der Waals surface area contributed by atoms with E-state index in [1.54, 1.807) is 24.3 Å². The third kappa shape index (κ3) is 5.53. The Morgan fingerprint density at radius 2 is 1.85 bits per heavy atom. The summed E-state index contributed by atoms with van der Waals surface area (Å²) in [7, 11) is 1.33. The van der Waals surface area contributed by atoms with Gasteiger partial charge in [-0.05, 0) is 36.2 Å². The van der Waals surface area contributed by atoms with Crippen LogP contribution in [0, 0.1) is 10.1 Å². The Hall–Kier alpha value is -3.42. The van der Waals surface area contributed by atoms with Gasteiger partial charge in [-0.1, -0.05) is 19.1 Å². The molecule has 0 heterocycles. The summed E-state index contributed by atoms with van der Waals surface area (Å²) in [6, 6.07) is 11.1. The highest BCUT2D eigenvalue weighted by Crippen LogP contribution is 2.27. The second-order valence-electron chi connectivity index (χ2n) is 5.82. The Morgan fingerprint density at radius 1 is 1.15 bits per heavy atom. The van der Waals surface area contributed by atoms with Crippen molar-refractivity contribution in [3.8, 4) is 5.75 Å². The van der Waals surface area contributed by atoms with Crippen LogP contribution in [0.3, 0.4) is 0 Å². The van der Waals surface area contributed by atoms with Gasteiger partial charge in [0.05, 0.1) is 12.0 Å². The molecule has 8 heteroatoms. The molecule has 0 atom stereocenters. The standard InChI is InChI=1S/C19H21N3O5/c1-3-4-18(23)21-15-8-5-13(6-9-15)12-20-19(24)14-7-10-17(27-2)16(11-14)22(25)26/h5-11H,3-4,12H2,1-2H3,(H,20,24)(H,21,23). The largest absolute Gasteiger partial charge is 0.490 e. The first kappa shape index (κ1) is 19.9. The van der Waals surface area contributed by atoms with Crippen molar-refractivity contribution in [2.45, 2.75) is 26.3 Å². The summed E-state index contributed by atoms with van der Waals surface area (Å²) in [5.74, 6) is -0.377. The number of nitrogens with one attached hydrogen (secondary N) is 2. The molecular weight excluding hydrogens is 350 g/mol. The zero-order chi connectivity index (χ0) is 19.8. The summed E-state index contributed by atoms with van der Waals surface area (Å²) in [4.78, 5) is 34.3. The van der Waals surface area contributed by atoms with Gasteiger partial charge in [0, 0.05) is 30.3 Å². The Bertz CT molecular complexity index is 834. The average molecular weight is 371 g/mol. The predicted molar refractivity (Wildman–Crippen MR) is 101 cm³/mol. The van der Waals surface area contributed by atoms with E-state index in [1.165, 1.54) is 25.3 Å². The first-order valence-corrected chi connectivity index (χ1v) is 8.44. The molecule has 142 valence electrons. The van der Waals surface area contributed by atoms with E-state index in [-0.39, 0.29) is 29.5 Å². The molecule has 2 aromatic rings. The van der Waals surface area contributed by atoms with Crippen molar-refractivity contribution >= 4 is 23.2 Å². The van der Waals surface area contributed by atoms with Crippen molar-refractivity contribution in [2.75, 3.05) is 12.4 Å². The van der Waals surface area contributed by atoms with E-state index in [1.807, 2.05) is 6.92 Å². The van der Waals surface area contributed by atoms with Gasteiger partial charge < -0.3 is 15.4 Å². The van der Waals surface area contributed by atoms with Gasteiger partial charge in [-0.25, -0.2) is 0 Å². The highest BCUT2D eigenvalue weighted by Gasteiger charge is 2.18. The molecule has 2 N–H and O–H groups in total. The highest BCUT2D eigenvalue weighted by atomic mass is 16.6. The lowest BCUT2D eigenvalue weighted by atomic mass is 10.1. The third-order valence-corrected chi connectivity index (χ3v) is 3.81. The number of methoxy groups -OCH3 is 1. The number of carbonyl (C=O) groups is 2. The quantitative estimate of drug-likeness (QED) is 0.546. The van der Waals surface area contributed by atoms with Crippen LogP contribution >= 0.6 is 0 Å². The molecule has 0 aromatic heterocycles. The molecule has 0 spiro atoms. The van der Waals surface area contributed by atoms with Crippen molar-refractivity contribution in [1.82, 2.24) is 5.32 Å². The molecule has 0 aliphatic heterocycles. The lowest BCUT2D eigenvalue weighted by Gasteiger charge is -2.08. The number of anilines is 1. The number of hydrogen-bond donors (Lipinski definition) is 2. The van der Waals surface area contributed by atoms with Crippen molar-refractivity contribution in [1.29, 1.82) is 0 Å². The fourth-order valence-electron chi connectivity index (χ4n) is 2.41. The van der Waals surface area contributed by atoms with Crippen molar-refractivity contribution in [2.24, 2.45) is 0 Å². The molecule has 0 saturated carbocycles. The molecule has 2 rings (SSSR count). The lowest BCUT2D eigenvalue weighted by Crippen LogP contribution is -2.22. The maximum absolute atomic E-state index is 12.2. The molecule has 27 heavy (non-hydrogen) atoms. The number of amides is 2. The zero-order valence-electron chi connectivity index (χ0n) is 15.2. The minimum Gasteiger partial charge on any atom is -0.490 e. The number of nitrogens with zero attached hydrogens (tertiary/aromatic N) is 1. The van der Waals surface area contributed by atoms with Crippen molar-refractivity contribution < 1.29 is 19.2 Å². The summed E-state index contributed by atoms with van der Waals surface area (Å²) >= 11 is 0. The van der Waals surface area contributed by atoms with Crippen LogP contribution in [0.5, 0.6) is 5.75 Å². The molecule has 0 aliphatic rings. The monoisotopic (exact) mass is 371 g/mol. The van der Waals surface area contributed by atoms with E-state index in [9.17, 15) is 19.7 Å². The SMILES string of the molecule is CCCC(=O)Nc1ccc(CNC(=O)c2ccc(OC)c([N+](=O)[O-])c2)cc1. The van der Waals surface area contributed by atoms with Crippen LogP contribution in [0.2, 0.25) is 0 Å². The van der Waals surface area contributed by atoms with E-state index in [0.717, 1.165) is 12.0 Å². The van der Waals surface area contributed by atoms with Crippen molar-refractivity contribution in [3.63, 3.8) is 0 Å². The van der Waals surface area contributed by atoms with Crippen molar-refractivity contribution in [3.05, 3.63) is 63.7 Å². The number of carbonyl (C=O) groups excluding carboxylic acids is 2. The molecule has 0 saturated heterocycles. The van der Waals surface area contributed by atoms with E-state index >= 15 is 0 Å². The summed E-state index contributed by atoms with van der Waals surface area (Å²) in [5.41, 5.74) is 1.43. The topological polar surface area (TPSA) is 111 Å². The van der Waals surface area contributed by atoms with Crippen LogP contribution < -0.4 is 15.4 Å². The van der Waals surface area contributed by atoms with Gasteiger partial charge in [-0.2, -0.15) is 0 Å². The van der Waals surface area contributed by atoms with Gasteiger partial charge in [-0.3, -0.25) is 19.7 Å². The van der Waals surface area contributed by atoms with E-state index in [2.05, 4.69) is 10.6 Å². The van der Waals surface area contributed by atoms with Gasteiger partial charge in [0.1, 0.15) is 0 Å². The lowest BCUT2D eigenvalue weighted by molar-refractivity contribution is -0.385. The van der Waals surface area contributed by atoms with Gasteiger partial charge in [0.2, 0.25) is 5.91 Å². The number of nitro benzene ring substituents is 1. The van der Waals surface area contributed by atoms with Gasteiger partial charge in [-0.15, -0.1) is 0 Å². The molecule has 0 fully saturated rings. The minimum absolute atomic E-state index is 0.0420. The maximum atomic E-state index is 12.2. The summed E-state index contributed by atoms with van der Waals surface area (Å²) < 4.78 is 4.92. The van der Waals surface area contributed by atoms with Crippen LogP contribution in [0.4, 0.5) is 11.4 Å². The van der Waals surface area contributed by atoms with Gasteiger partial charge in [0.15, 0.2) is 5.75 Å². The van der Waals surface area contributed by atoms with Crippen LogP contribution in [0.15, 0.2) is 42.5 Å². The Morgan fingerprint density at radius 3 is 2.44 bits per heavy atom. The second-order valence-corrected chi connectivity index (χ2v) is 5.82. The number of ether oxygens (including phenoxy) is 1. The average Bonchev–Trinajstić information content (AvgIpc) is 2.66. The molecule has 0 unspecified atom stereocenters. The number of rotatable bonds is 8. The summed E-state index contributed by atoms with van der Waals surface area (Å²) in [5, 5.41) is 16.5. The minimum atomic E-state index is -0.596. The Balaban J connectivity index is 1.98. The van der Waals surface area contributed by atoms with E-state index < -0.39 is 10.8 Å². The Labute approximate surface area is 156 Å². The fourth-order valence-corrected chi connectivity index (χ4v) is 2.41. The fraction of sp³-hybridized carbons (Fsp3) is 0.263. The van der Waals surface area contributed by atoms with Crippen LogP contribution in [-0.2, 0) is 11.3 Å². The summed E-state index contributed by atoms with van der Waals surface area (Å²) in [6.45, 7) is 2.19. The number of benzene rings is 2. The molecule has 0 radical (unpaired) electrons. The molecule has 0 aliphatic carbocycles. The first-order valence-electron chi connectivity index (χ1n) is 8.44. The van der Waals surface area contributed by atoms with E-state index in [0.29, 0.717) is 12.1 Å². The molecule has 2 amide bonds. The first-order chi connectivity index (χ1) is 12.9. The number of nitro groups is 1. The van der Waals surface area contributed by atoms with Crippen LogP contribution in [0.25, 0.3) is 0 Å². The predicted octanol–water partition coefficient (Wildman–Crippen LogP) is 3.27. The normalized spacial score (nSPS) is 10.1. The molecule has 2 aromatic carbocycles. The molecular formula is C19H21N3O5. The zero-order valence-corrected chi connectivity index (χ0v) is 15.2. The van der Waals surface area contributed by atoms with Crippen LogP contribution in [0.1, 0.15) is 35.7 Å². The van der Waals surface area contributed by atoms with Gasteiger partial charge in [0.25, 0.3) is 5.91 Å². The maximum Gasteiger partial charge on any atom is 0.311 e. The molecule has 0 bridgehead atoms. The Kier molecular flexibility index (Phi) is 6.87.